The number of rotatable bonds is 6. The standard InChI is InChI=1S/C15H13Cl2FN2O4S/c1-25(22,23)20-13-7-10(3-4-12(13)18)19-15(21)8-24-14-5-2-9(16)6-11(14)17/h2-7,20H,8H2,1H3,(H,19,21). The molecule has 0 saturated carbocycles. The highest BCUT2D eigenvalue weighted by molar-refractivity contribution is 7.92. The lowest BCUT2D eigenvalue weighted by Gasteiger charge is -2.11. The zero-order valence-electron chi connectivity index (χ0n) is 12.8. The average Bonchev–Trinajstić information content (AvgIpc) is 2.48. The molecule has 1 amide bonds. The lowest BCUT2D eigenvalue weighted by Crippen LogP contribution is -2.20. The van der Waals surface area contributed by atoms with Gasteiger partial charge < -0.3 is 10.1 Å². The fourth-order valence-electron chi connectivity index (χ4n) is 1.81. The molecular weight excluding hydrogens is 394 g/mol. The number of nitrogens with one attached hydrogen (secondary N) is 2. The van der Waals surface area contributed by atoms with Gasteiger partial charge in [-0.1, -0.05) is 23.2 Å². The Morgan fingerprint density at radius 1 is 1.20 bits per heavy atom. The van der Waals surface area contributed by atoms with E-state index >= 15 is 0 Å². The molecule has 0 spiro atoms. The second kappa shape index (κ2) is 7.90. The molecule has 2 N–H and O–H groups in total. The molecule has 6 nitrogen and oxygen atoms in total. The number of hydrogen-bond donors (Lipinski definition) is 2. The summed E-state index contributed by atoms with van der Waals surface area (Å²) in [6.07, 6.45) is 0.890. The molecule has 0 bridgehead atoms. The van der Waals surface area contributed by atoms with Crippen molar-refractivity contribution in [3.63, 3.8) is 0 Å². The van der Waals surface area contributed by atoms with Crippen LogP contribution in [0.25, 0.3) is 0 Å². The van der Waals surface area contributed by atoms with Crippen LogP contribution in [0.2, 0.25) is 10.0 Å². The minimum atomic E-state index is -3.65. The van der Waals surface area contributed by atoms with Gasteiger partial charge in [0.25, 0.3) is 5.91 Å². The van der Waals surface area contributed by atoms with Crippen LogP contribution in [0.4, 0.5) is 15.8 Å². The quantitative estimate of drug-likeness (QED) is 0.768. The SMILES string of the molecule is CS(=O)(=O)Nc1cc(NC(=O)COc2ccc(Cl)cc2Cl)ccc1F. The average molecular weight is 407 g/mol. The van der Waals surface area contributed by atoms with Gasteiger partial charge in [-0.2, -0.15) is 0 Å². The number of amides is 1. The van der Waals surface area contributed by atoms with Crippen LogP contribution >= 0.6 is 23.2 Å². The first-order valence-electron chi connectivity index (χ1n) is 6.79. The Balaban J connectivity index is 2.01. The van der Waals surface area contributed by atoms with Gasteiger partial charge in [0.15, 0.2) is 6.61 Å². The van der Waals surface area contributed by atoms with Crippen LogP contribution < -0.4 is 14.8 Å². The van der Waals surface area contributed by atoms with Crippen LogP contribution in [-0.4, -0.2) is 27.2 Å². The minimum absolute atomic E-state index is 0.198. The van der Waals surface area contributed by atoms with Crippen molar-refractivity contribution in [1.29, 1.82) is 0 Å². The molecular formula is C15H13Cl2FN2O4S. The van der Waals surface area contributed by atoms with Crippen LogP contribution in [0.3, 0.4) is 0 Å². The molecule has 10 heteroatoms. The fraction of sp³-hybridized carbons (Fsp3) is 0.133. The molecule has 2 aromatic rings. The number of carbonyl (C=O) groups is 1. The normalized spacial score (nSPS) is 11.0. The monoisotopic (exact) mass is 406 g/mol. The first-order valence-corrected chi connectivity index (χ1v) is 9.44. The van der Waals surface area contributed by atoms with Crippen molar-refractivity contribution in [1.82, 2.24) is 0 Å². The number of benzene rings is 2. The highest BCUT2D eigenvalue weighted by atomic mass is 35.5. The summed E-state index contributed by atoms with van der Waals surface area (Å²) >= 11 is 11.7. The van der Waals surface area contributed by atoms with Crippen molar-refractivity contribution in [2.45, 2.75) is 0 Å². The predicted octanol–water partition coefficient (Wildman–Crippen LogP) is 3.52. The third kappa shape index (κ3) is 6.08. The molecule has 0 saturated heterocycles. The topological polar surface area (TPSA) is 84.5 Å². The zero-order valence-corrected chi connectivity index (χ0v) is 15.2. The first kappa shape index (κ1) is 19.3. The van der Waals surface area contributed by atoms with E-state index < -0.39 is 21.7 Å². The summed E-state index contributed by atoms with van der Waals surface area (Å²) in [6.45, 7) is -0.354. The third-order valence-electron chi connectivity index (χ3n) is 2.80. The molecule has 134 valence electrons. The van der Waals surface area contributed by atoms with Gasteiger partial charge in [-0.15, -0.1) is 0 Å². The molecule has 0 unspecified atom stereocenters. The highest BCUT2D eigenvalue weighted by Crippen LogP contribution is 2.27. The molecule has 0 atom stereocenters. The van der Waals surface area contributed by atoms with E-state index in [1.54, 1.807) is 6.07 Å². The maximum absolute atomic E-state index is 13.6. The van der Waals surface area contributed by atoms with Gasteiger partial charge in [0.2, 0.25) is 10.0 Å². The van der Waals surface area contributed by atoms with Crippen LogP contribution in [0, 0.1) is 5.82 Å². The van der Waals surface area contributed by atoms with E-state index in [1.165, 1.54) is 18.2 Å². The Hall–Kier alpha value is -2.03. The van der Waals surface area contributed by atoms with Crippen LogP contribution in [-0.2, 0) is 14.8 Å². The Labute approximate surface area is 153 Å². The summed E-state index contributed by atoms with van der Waals surface area (Å²) in [6, 6.07) is 8.02. The summed E-state index contributed by atoms with van der Waals surface area (Å²) in [4.78, 5) is 11.9. The Morgan fingerprint density at radius 2 is 1.92 bits per heavy atom. The summed E-state index contributed by atoms with van der Waals surface area (Å²) in [5, 5.41) is 3.14. The van der Waals surface area contributed by atoms with Gasteiger partial charge in [-0.05, 0) is 36.4 Å². The molecule has 2 rings (SSSR count). The molecule has 0 aromatic heterocycles. The van der Waals surface area contributed by atoms with Gasteiger partial charge in [-0.3, -0.25) is 9.52 Å². The third-order valence-corrected chi connectivity index (χ3v) is 3.92. The highest BCUT2D eigenvalue weighted by Gasteiger charge is 2.11. The van der Waals surface area contributed by atoms with Crippen LogP contribution in [0.15, 0.2) is 36.4 Å². The van der Waals surface area contributed by atoms with E-state index in [4.69, 9.17) is 27.9 Å². The van der Waals surface area contributed by atoms with Crippen molar-refractivity contribution in [3.05, 3.63) is 52.3 Å². The minimum Gasteiger partial charge on any atom is -0.482 e. The molecule has 0 fully saturated rings. The van der Waals surface area contributed by atoms with Crippen molar-refractivity contribution in [3.8, 4) is 5.75 Å². The first-order chi connectivity index (χ1) is 11.6. The molecule has 0 radical (unpaired) electrons. The number of anilines is 2. The van der Waals surface area contributed by atoms with E-state index in [9.17, 15) is 17.6 Å². The number of hydrogen-bond acceptors (Lipinski definition) is 4. The maximum atomic E-state index is 13.6. The molecule has 25 heavy (non-hydrogen) atoms. The lowest BCUT2D eigenvalue weighted by atomic mass is 10.2. The second-order valence-corrected chi connectivity index (χ2v) is 7.57. The zero-order chi connectivity index (χ0) is 18.6. The van der Waals surface area contributed by atoms with Gasteiger partial charge in [0.05, 0.1) is 17.0 Å². The summed E-state index contributed by atoms with van der Waals surface area (Å²) in [5.41, 5.74) is -0.0784. The van der Waals surface area contributed by atoms with E-state index in [-0.39, 0.29) is 28.8 Å². The Morgan fingerprint density at radius 3 is 2.56 bits per heavy atom. The molecule has 0 aliphatic carbocycles. The molecule has 0 aliphatic rings. The van der Waals surface area contributed by atoms with E-state index in [2.05, 4.69) is 5.32 Å². The fourth-order valence-corrected chi connectivity index (χ4v) is 2.83. The Kier molecular flexibility index (Phi) is 6.10. The number of ether oxygens (including phenoxy) is 1. The van der Waals surface area contributed by atoms with Crippen molar-refractivity contribution in [2.24, 2.45) is 0 Å². The van der Waals surface area contributed by atoms with Crippen molar-refractivity contribution in [2.75, 3.05) is 22.9 Å². The van der Waals surface area contributed by atoms with Crippen LogP contribution in [0.1, 0.15) is 0 Å². The predicted molar refractivity (Wildman–Crippen MR) is 95.5 cm³/mol. The van der Waals surface area contributed by atoms with Crippen LogP contribution in [0.5, 0.6) is 5.75 Å². The summed E-state index contributed by atoms with van der Waals surface area (Å²) in [5.74, 6) is -1.03. The molecule has 2 aromatic carbocycles. The maximum Gasteiger partial charge on any atom is 0.262 e. The van der Waals surface area contributed by atoms with Crippen molar-refractivity contribution < 1.29 is 22.3 Å². The van der Waals surface area contributed by atoms with Gasteiger partial charge in [0, 0.05) is 10.7 Å². The van der Waals surface area contributed by atoms with E-state index in [0.29, 0.717) is 5.02 Å². The van der Waals surface area contributed by atoms with E-state index in [1.807, 2.05) is 4.72 Å². The van der Waals surface area contributed by atoms with Gasteiger partial charge in [-0.25, -0.2) is 12.8 Å². The van der Waals surface area contributed by atoms with Gasteiger partial charge in [0.1, 0.15) is 11.6 Å². The largest absolute Gasteiger partial charge is 0.482 e. The number of carbonyl (C=O) groups excluding carboxylic acids is 1. The number of sulfonamides is 1. The lowest BCUT2D eigenvalue weighted by molar-refractivity contribution is -0.118. The second-order valence-electron chi connectivity index (χ2n) is 4.98. The van der Waals surface area contributed by atoms with E-state index in [0.717, 1.165) is 18.4 Å². The Bertz CT molecular complexity index is 906. The van der Waals surface area contributed by atoms with Crippen molar-refractivity contribution >= 4 is 50.5 Å². The molecule has 0 heterocycles. The summed E-state index contributed by atoms with van der Waals surface area (Å²) < 4.78 is 43.3. The van der Waals surface area contributed by atoms with Gasteiger partial charge >= 0.3 is 0 Å². The molecule has 0 aliphatic heterocycles. The number of halogens is 3. The smallest absolute Gasteiger partial charge is 0.262 e. The summed E-state index contributed by atoms with van der Waals surface area (Å²) in [7, 11) is -3.65.